The minimum atomic E-state index is -0.394. The molecule has 0 spiro atoms. The van der Waals surface area contributed by atoms with Gasteiger partial charge in [0, 0.05) is 12.5 Å². The van der Waals surface area contributed by atoms with Crippen LogP contribution in [0.3, 0.4) is 0 Å². The van der Waals surface area contributed by atoms with Gasteiger partial charge in [-0.25, -0.2) is 0 Å². The predicted molar refractivity (Wildman–Crippen MR) is 70.9 cm³/mol. The summed E-state index contributed by atoms with van der Waals surface area (Å²) in [5.74, 6) is 0.986. The Kier molecular flexibility index (Phi) is 3.52. The fourth-order valence-corrected chi connectivity index (χ4v) is 2.95. The summed E-state index contributed by atoms with van der Waals surface area (Å²) in [4.78, 5) is 0. The van der Waals surface area contributed by atoms with Crippen LogP contribution in [0.5, 0.6) is 5.75 Å². The number of aliphatic hydroxyl groups is 1. The van der Waals surface area contributed by atoms with Gasteiger partial charge in [0.15, 0.2) is 0 Å². The van der Waals surface area contributed by atoms with Crippen molar-refractivity contribution in [2.24, 2.45) is 0 Å². The van der Waals surface area contributed by atoms with Crippen molar-refractivity contribution in [1.82, 2.24) is 5.32 Å². The second-order valence-electron chi connectivity index (χ2n) is 5.32. The van der Waals surface area contributed by atoms with Crippen molar-refractivity contribution >= 4 is 0 Å². The quantitative estimate of drug-likeness (QED) is 0.841. The molecule has 18 heavy (non-hydrogen) atoms. The van der Waals surface area contributed by atoms with E-state index in [0.717, 1.165) is 37.3 Å². The van der Waals surface area contributed by atoms with Crippen LogP contribution >= 0.6 is 0 Å². The number of benzene rings is 1. The van der Waals surface area contributed by atoms with E-state index >= 15 is 0 Å². The zero-order chi connectivity index (χ0) is 12.4. The normalized spacial score (nSPS) is 25.1. The zero-order valence-electron chi connectivity index (χ0n) is 10.7. The molecule has 0 radical (unpaired) electrons. The average Bonchev–Trinajstić information content (AvgIpc) is 2.69. The van der Waals surface area contributed by atoms with Crippen LogP contribution in [0, 0.1) is 0 Å². The van der Waals surface area contributed by atoms with E-state index in [9.17, 15) is 5.11 Å². The molecule has 0 aromatic heterocycles. The lowest BCUT2D eigenvalue weighted by Crippen LogP contribution is -2.34. The standard InChI is InChI=1S/C15H21NO2/c17-15(13-4-2-1-3-8-16-13)12-5-6-14-11(10-12)7-9-18-14/h5-6,10,13,15-17H,1-4,7-9H2. The third-order valence-electron chi connectivity index (χ3n) is 4.03. The fourth-order valence-electron chi connectivity index (χ4n) is 2.95. The van der Waals surface area contributed by atoms with E-state index in [4.69, 9.17) is 4.74 Å². The first kappa shape index (κ1) is 12.0. The Hall–Kier alpha value is -1.06. The Balaban J connectivity index is 1.76. The smallest absolute Gasteiger partial charge is 0.122 e. The van der Waals surface area contributed by atoms with Gasteiger partial charge >= 0.3 is 0 Å². The molecule has 1 aromatic rings. The number of hydrogen-bond acceptors (Lipinski definition) is 3. The third kappa shape index (κ3) is 2.38. The first-order valence-corrected chi connectivity index (χ1v) is 7.02. The minimum Gasteiger partial charge on any atom is -0.493 e. The average molecular weight is 247 g/mol. The maximum Gasteiger partial charge on any atom is 0.122 e. The molecule has 3 nitrogen and oxygen atoms in total. The van der Waals surface area contributed by atoms with Crippen LogP contribution in [-0.4, -0.2) is 24.3 Å². The van der Waals surface area contributed by atoms with Crippen molar-refractivity contribution in [3.05, 3.63) is 29.3 Å². The molecule has 98 valence electrons. The summed E-state index contributed by atoms with van der Waals surface area (Å²) in [6.07, 6.45) is 5.34. The molecule has 3 rings (SSSR count). The number of rotatable bonds is 2. The first-order valence-electron chi connectivity index (χ1n) is 7.02. The second kappa shape index (κ2) is 5.29. The molecule has 0 saturated carbocycles. The summed E-state index contributed by atoms with van der Waals surface area (Å²) in [6, 6.07) is 6.31. The number of nitrogens with one attached hydrogen (secondary N) is 1. The Morgan fingerprint density at radius 2 is 2.22 bits per heavy atom. The van der Waals surface area contributed by atoms with Gasteiger partial charge in [-0.15, -0.1) is 0 Å². The molecule has 2 N–H and O–H groups in total. The van der Waals surface area contributed by atoms with Gasteiger partial charge in [0.25, 0.3) is 0 Å². The SMILES string of the molecule is OC(c1ccc2c(c1)CCO2)C1CCCCCN1. The number of aliphatic hydroxyl groups excluding tert-OH is 1. The second-order valence-corrected chi connectivity index (χ2v) is 5.32. The summed E-state index contributed by atoms with van der Waals surface area (Å²) in [5.41, 5.74) is 2.26. The van der Waals surface area contributed by atoms with Gasteiger partial charge in [-0.3, -0.25) is 0 Å². The molecule has 0 amide bonds. The van der Waals surface area contributed by atoms with E-state index in [1.54, 1.807) is 0 Å². The lowest BCUT2D eigenvalue weighted by atomic mass is 9.96. The van der Waals surface area contributed by atoms with Crippen molar-refractivity contribution in [2.75, 3.05) is 13.2 Å². The summed E-state index contributed by atoms with van der Waals surface area (Å²) >= 11 is 0. The summed E-state index contributed by atoms with van der Waals surface area (Å²) < 4.78 is 5.50. The van der Waals surface area contributed by atoms with Crippen molar-refractivity contribution in [3.8, 4) is 5.75 Å². The number of ether oxygens (including phenoxy) is 1. The molecule has 2 unspecified atom stereocenters. The molecule has 1 aromatic carbocycles. The Morgan fingerprint density at radius 1 is 1.28 bits per heavy atom. The van der Waals surface area contributed by atoms with Crippen molar-refractivity contribution < 1.29 is 9.84 Å². The lowest BCUT2D eigenvalue weighted by molar-refractivity contribution is 0.126. The van der Waals surface area contributed by atoms with Gasteiger partial charge in [-0.2, -0.15) is 0 Å². The fraction of sp³-hybridized carbons (Fsp3) is 0.600. The summed E-state index contributed by atoms with van der Waals surface area (Å²) in [7, 11) is 0. The van der Waals surface area contributed by atoms with Gasteiger partial charge in [0.2, 0.25) is 0 Å². The van der Waals surface area contributed by atoms with Crippen molar-refractivity contribution in [2.45, 2.75) is 44.2 Å². The predicted octanol–water partition coefficient (Wildman–Crippen LogP) is 2.19. The van der Waals surface area contributed by atoms with E-state index in [1.165, 1.54) is 24.8 Å². The maximum absolute atomic E-state index is 10.5. The minimum absolute atomic E-state index is 0.202. The highest BCUT2D eigenvalue weighted by Gasteiger charge is 2.23. The van der Waals surface area contributed by atoms with Crippen LogP contribution in [0.4, 0.5) is 0 Å². The van der Waals surface area contributed by atoms with Crippen LogP contribution in [0.1, 0.15) is 42.9 Å². The third-order valence-corrected chi connectivity index (χ3v) is 4.03. The zero-order valence-corrected chi connectivity index (χ0v) is 10.7. The summed E-state index contributed by atoms with van der Waals surface area (Å²) in [6.45, 7) is 1.80. The molecule has 2 atom stereocenters. The maximum atomic E-state index is 10.5. The molecule has 0 bridgehead atoms. The highest BCUT2D eigenvalue weighted by atomic mass is 16.5. The van der Waals surface area contributed by atoms with Crippen molar-refractivity contribution in [1.29, 1.82) is 0 Å². The number of hydrogen-bond donors (Lipinski definition) is 2. The molecular weight excluding hydrogens is 226 g/mol. The largest absolute Gasteiger partial charge is 0.493 e. The molecule has 2 heterocycles. The van der Waals surface area contributed by atoms with E-state index in [-0.39, 0.29) is 6.04 Å². The van der Waals surface area contributed by atoms with Gasteiger partial charge < -0.3 is 15.2 Å². The van der Waals surface area contributed by atoms with Gasteiger partial charge in [0.05, 0.1) is 12.7 Å². The molecular formula is C15H21NO2. The van der Waals surface area contributed by atoms with Crippen LogP contribution in [0.2, 0.25) is 0 Å². The van der Waals surface area contributed by atoms with Crippen LogP contribution in [0.25, 0.3) is 0 Å². The molecule has 2 aliphatic rings. The molecule has 1 fully saturated rings. The van der Waals surface area contributed by atoms with Crippen LogP contribution in [0.15, 0.2) is 18.2 Å². The highest BCUT2D eigenvalue weighted by molar-refractivity contribution is 5.40. The molecule has 2 aliphatic heterocycles. The Bertz CT molecular complexity index is 411. The Morgan fingerprint density at radius 3 is 3.17 bits per heavy atom. The van der Waals surface area contributed by atoms with E-state index in [1.807, 2.05) is 12.1 Å². The van der Waals surface area contributed by atoms with Gasteiger partial charge in [-0.05, 0) is 42.6 Å². The topological polar surface area (TPSA) is 41.5 Å². The summed E-state index contributed by atoms with van der Waals surface area (Å²) in [5, 5.41) is 14.0. The van der Waals surface area contributed by atoms with E-state index < -0.39 is 6.10 Å². The monoisotopic (exact) mass is 247 g/mol. The van der Waals surface area contributed by atoms with E-state index in [0.29, 0.717) is 0 Å². The first-order chi connectivity index (χ1) is 8.84. The molecule has 0 aliphatic carbocycles. The van der Waals surface area contributed by atoms with Gasteiger partial charge in [0.1, 0.15) is 5.75 Å². The van der Waals surface area contributed by atoms with E-state index in [2.05, 4.69) is 11.4 Å². The molecule has 1 saturated heterocycles. The van der Waals surface area contributed by atoms with Gasteiger partial charge in [-0.1, -0.05) is 18.9 Å². The Labute approximate surface area is 108 Å². The lowest BCUT2D eigenvalue weighted by Gasteiger charge is -2.23. The highest BCUT2D eigenvalue weighted by Crippen LogP contribution is 2.30. The number of fused-ring (bicyclic) bond motifs is 1. The van der Waals surface area contributed by atoms with Crippen LogP contribution < -0.4 is 10.1 Å². The molecule has 3 heteroatoms. The van der Waals surface area contributed by atoms with Crippen molar-refractivity contribution in [3.63, 3.8) is 0 Å². The van der Waals surface area contributed by atoms with Crippen LogP contribution in [-0.2, 0) is 6.42 Å².